The minimum Gasteiger partial charge on any atom is -0.399 e. The predicted molar refractivity (Wildman–Crippen MR) is 78.7 cm³/mol. The van der Waals surface area contributed by atoms with E-state index in [9.17, 15) is 0 Å². The van der Waals surface area contributed by atoms with Crippen molar-refractivity contribution in [3.63, 3.8) is 0 Å². The van der Waals surface area contributed by atoms with Gasteiger partial charge in [0.05, 0.1) is 0 Å². The molecule has 0 spiro atoms. The number of hydrogen-bond acceptors (Lipinski definition) is 4. The van der Waals surface area contributed by atoms with Crippen LogP contribution < -0.4 is 11.5 Å². The molecule has 0 aliphatic carbocycles. The van der Waals surface area contributed by atoms with E-state index >= 15 is 0 Å². The number of anilines is 2. The first-order chi connectivity index (χ1) is 9.24. The van der Waals surface area contributed by atoms with E-state index in [-0.39, 0.29) is 0 Å². The second kappa shape index (κ2) is 6.90. The zero-order valence-electron chi connectivity index (χ0n) is 10.6. The Morgan fingerprint density at radius 1 is 0.850 bits per heavy atom. The molecule has 6 N–H and O–H groups in total. The Balaban J connectivity index is 0.000000347. The van der Waals surface area contributed by atoms with E-state index in [1.165, 1.54) is 11.1 Å². The van der Waals surface area contributed by atoms with Gasteiger partial charge in [-0.25, -0.2) is 0 Å². The van der Waals surface area contributed by atoms with Gasteiger partial charge in [0.2, 0.25) is 0 Å². The van der Waals surface area contributed by atoms with Crippen molar-refractivity contribution in [3.8, 4) is 0 Å². The molecule has 0 saturated heterocycles. The second-order valence-corrected chi connectivity index (χ2v) is 5.01. The quantitative estimate of drug-likeness (QED) is 0.494. The van der Waals surface area contributed by atoms with Crippen LogP contribution in [0.4, 0.5) is 11.4 Å². The molecule has 2 aromatic rings. The van der Waals surface area contributed by atoms with Crippen LogP contribution in [0.1, 0.15) is 11.1 Å². The molecule has 6 nitrogen and oxygen atoms in total. The van der Waals surface area contributed by atoms with Crippen molar-refractivity contribution in [2.24, 2.45) is 0 Å². The van der Waals surface area contributed by atoms with Crippen LogP contribution in [-0.2, 0) is 16.8 Å². The summed E-state index contributed by atoms with van der Waals surface area (Å²) >= 11 is 0. The molecule has 0 heterocycles. The molecule has 0 radical (unpaired) electrons. The number of nitrogen functional groups attached to an aromatic ring is 2. The second-order valence-electron chi connectivity index (χ2n) is 4.11. The predicted octanol–water partition coefficient (Wildman–Crippen LogP) is 1.79. The van der Waals surface area contributed by atoms with Crippen molar-refractivity contribution in [3.05, 3.63) is 59.7 Å². The normalized spacial score (nSPS) is 10.5. The highest BCUT2D eigenvalue weighted by atomic mass is 32.3. The van der Waals surface area contributed by atoms with Crippen LogP contribution in [0.3, 0.4) is 0 Å². The fraction of sp³-hybridized carbons (Fsp3) is 0.0769. The summed E-state index contributed by atoms with van der Waals surface area (Å²) in [6, 6.07) is 15.9. The van der Waals surface area contributed by atoms with E-state index in [4.69, 9.17) is 29.0 Å². The van der Waals surface area contributed by atoms with Gasteiger partial charge in [0.15, 0.2) is 0 Å². The molecular weight excluding hydrogens is 280 g/mol. The molecule has 2 rings (SSSR count). The van der Waals surface area contributed by atoms with Crippen molar-refractivity contribution in [1.82, 2.24) is 0 Å². The summed E-state index contributed by atoms with van der Waals surface area (Å²) < 4.78 is 31.6. The van der Waals surface area contributed by atoms with E-state index in [2.05, 4.69) is 6.07 Å². The zero-order chi connectivity index (χ0) is 15.2. The molecule has 20 heavy (non-hydrogen) atoms. The SMILES string of the molecule is Nc1ccc(Cc2cccc(N)c2)cc1.O=S(=O)(O)O. The molecule has 0 aromatic heterocycles. The number of rotatable bonds is 2. The molecule has 108 valence electrons. The Hall–Kier alpha value is -2.09. The highest BCUT2D eigenvalue weighted by Gasteiger charge is 1.96. The van der Waals surface area contributed by atoms with Crippen LogP contribution >= 0.6 is 0 Å². The van der Waals surface area contributed by atoms with Crippen molar-refractivity contribution in [2.75, 3.05) is 11.5 Å². The largest absolute Gasteiger partial charge is 0.399 e. The minimum absolute atomic E-state index is 0.798. The van der Waals surface area contributed by atoms with Crippen molar-refractivity contribution in [1.29, 1.82) is 0 Å². The topological polar surface area (TPSA) is 127 Å². The molecular formula is C13H16N2O4S. The molecule has 0 fully saturated rings. The highest BCUT2D eigenvalue weighted by Crippen LogP contribution is 2.13. The summed E-state index contributed by atoms with van der Waals surface area (Å²) in [5.41, 5.74) is 15.4. The number of nitrogens with two attached hydrogens (primary N) is 2. The molecule has 0 atom stereocenters. The smallest absolute Gasteiger partial charge is 0.394 e. The first-order valence-electron chi connectivity index (χ1n) is 5.63. The third-order valence-corrected chi connectivity index (χ3v) is 2.34. The maximum Gasteiger partial charge on any atom is 0.394 e. The average molecular weight is 296 g/mol. The van der Waals surface area contributed by atoms with Crippen molar-refractivity contribution >= 4 is 21.8 Å². The van der Waals surface area contributed by atoms with Crippen LogP contribution in [0.2, 0.25) is 0 Å². The Morgan fingerprint density at radius 3 is 1.90 bits per heavy atom. The summed E-state index contributed by atoms with van der Waals surface area (Å²) in [7, 11) is -4.67. The first-order valence-corrected chi connectivity index (χ1v) is 7.02. The Kier molecular flexibility index (Phi) is 5.51. The molecule has 0 aliphatic heterocycles. The van der Waals surface area contributed by atoms with Gasteiger partial charge in [0.25, 0.3) is 0 Å². The highest BCUT2D eigenvalue weighted by molar-refractivity contribution is 7.79. The van der Waals surface area contributed by atoms with Gasteiger partial charge in [-0.15, -0.1) is 0 Å². The average Bonchev–Trinajstić information content (AvgIpc) is 2.30. The molecule has 0 aliphatic rings. The summed E-state index contributed by atoms with van der Waals surface area (Å²) in [5.74, 6) is 0. The molecule has 0 bridgehead atoms. The standard InChI is InChI=1S/C13H14N2.H2O4S/c14-12-6-4-10(5-7-12)8-11-2-1-3-13(15)9-11;1-5(2,3)4/h1-7,9H,8,14-15H2;(H2,1,2,3,4). The first kappa shape index (κ1) is 16.0. The van der Waals surface area contributed by atoms with Crippen LogP contribution in [0.5, 0.6) is 0 Å². The molecule has 0 unspecified atom stereocenters. The Labute approximate surface area is 117 Å². The fourth-order valence-electron chi connectivity index (χ4n) is 1.57. The lowest BCUT2D eigenvalue weighted by Crippen LogP contribution is -1.91. The Morgan fingerprint density at radius 2 is 1.40 bits per heavy atom. The van der Waals surface area contributed by atoms with Gasteiger partial charge in [0, 0.05) is 11.4 Å². The van der Waals surface area contributed by atoms with Crippen LogP contribution in [-0.4, -0.2) is 17.5 Å². The Bertz CT molecular complexity index is 646. The van der Waals surface area contributed by atoms with Crippen LogP contribution in [0.15, 0.2) is 48.5 Å². The number of hydrogen-bond donors (Lipinski definition) is 4. The molecule has 7 heteroatoms. The zero-order valence-corrected chi connectivity index (χ0v) is 11.4. The third kappa shape index (κ3) is 7.37. The van der Waals surface area contributed by atoms with E-state index < -0.39 is 10.4 Å². The van der Waals surface area contributed by atoms with Gasteiger partial charge < -0.3 is 11.5 Å². The fourth-order valence-corrected chi connectivity index (χ4v) is 1.57. The van der Waals surface area contributed by atoms with Gasteiger partial charge >= 0.3 is 10.4 Å². The lowest BCUT2D eigenvalue weighted by molar-refractivity contribution is 0.381. The third-order valence-electron chi connectivity index (χ3n) is 2.34. The summed E-state index contributed by atoms with van der Waals surface area (Å²) in [5, 5.41) is 0. The lowest BCUT2D eigenvalue weighted by Gasteiger charge is -2.03. The molecule has 0 amide bonds. The number of benzene rings is 2. The van der Waals surface area contributed by atoms with Gasteiger partial charge in [-0.1, -0.05) is 24.3 Å². The van der Waals surface area contributed by atoms with E-state index in [1.54, 1.807) is 0 Å². The lowest BCUT2D eigenvalue weighted by atomic mass is 10.0. The van der Waals surface area contributed by atoms with E-state index in [1.807, 2.05) is 42.5 Å². The van der Waals surface area contributed by atoms with Crippen LogP contribution in [0.25, 0.3) is 0 Å². The van der Waals surface area contributed by atoms with Crippen molar-refractivity contribution in [2.45, 2.75) is 6.42 Å². The summed E-state index contributed by atoms with van der Waals surface area (Å²) in [4.78, 5) is 0. The monoisotopic (exact) mass is 296 g/mol. The van der Waals surface area contributed by atoms with Gasteiger partial charge in [-0.2, -0.15) is 8.42 Å². The van der Waals surface area contributed by atoms with Gasteiger partial charge in [-0.05, 0) is 41.8 Å². The minimum atomic E-state index is -4.67. The maximum atomic E-state index is 8.74. The van der Waals surface area contributed by atoms with Crippen LogP contribution in [0, 0.1) is 0 Å². The molecule has 0 saturated carbocycles. The van der Waals surface area contributed by atoms with Gasteiger partial charge in [0.1, 0.15) is 0 Å². The summed E-state index contributed by atoms with van der Waals surface area (Å²) in [6.07, 6.45) is 0.894. The van der Waals surface area contributed by atoms with E-state index in [0.29, 0.717) is 0 Å². The maximum absolute atomic E-state index is 8.74. The molecule has 2 aromatic carbocycles. The summed E-state index contributed by atoms with van der Waals surface area (Å²) in [6.45, 7) is 0. The van der Waals surface area contributed by atoms with Gasteiger partial charge in [-0.3, -0.25) is 9.11 Å². The van der Waals surface area contributed by atoms with Crippen molar-refractivity contribution < 1.29 is 17.5 Å². The van der Waals surface area contributed by atoms with E-state index in [0.717, 1.165) is 17.8 Å².